The molecule has 0 bridgehead atoms. The second kappa shape index (κ2) is 5.68. The summed E-state index contributed by atoms with van der Waals surface area (Å²) in [6.07, 6.45) is 2.48. The van der Waals surface area contributed by atoms with Crippen molar-refractivity contribution in [3.63, 3.8) is 0 Å². The first-order valence-corrected chi connectivity index (χ1v) is 7.64. The molecule has 0 spiro atoms. The number of nitrogens with one attached hydrogen (secondary N) is 1. The van der Waals surface area contributed by atoms with Gasteiger partial charge in [-0.05, 0) is 46.4 Å². The van der Waals surface area contributed by atoms with Crippen LogP contribution in [0.4, 0.5) is 0 Å². The summed E-state index contributed by atoms with van der Waals surface area (Å²) in [5.41, 5.74) is 3.75. The summed E-state index contributed by atoms with van der Waals surface area (Å²) in [5.74, 6) is 0.304. The van der Waals surface area contributed by atoms with E-state index in [0.29, 0.717) is 12.2 Å². The Balaban J connectivity index is 1.71. The quantitative estimate of drug-likeness (QED) is 0.925. The lowest BCUT2D eigenvalue weighted by Crippen LogP contribution is -2.35. The van der Waals surface area contributed by atoms with Crippen molar-refractivity contribution in [1.29, 1.82) is 0 Å². The molecule has 1 aliphatic heterocycles. The lowest BCUT2D eigenvalue weighted by Gasteiger charge is -2.25. The fourth-order valence-corrected chi connectivity index (χ4v) is 3.34. The van der Waals surface area contributed by atoms with Crippen LogP contribution in [0.3, 0.4) is 0 Å². The first kappa shape index (κ1) is 12.6. The van der Waals surface area contributed by atoms with Gasteiger partial charge in [0.15, 0.2) is 5.78 Å². The molecule has 2 nitrogen and oxygen atoms in total. The number of hydrogen-bond acceptors (Lipinski definition) is 3. The lowest BCUT2D eigenvalue weighted by atomic mass is 9.90. The molecule has 0 amide bonds. The standard InChI is InChI=1S/C16H17NOS/c18-15(6-5-12-8-10-19-11-12)16-14-4-2-1-3-13(14)7-9-17-16/h1-4,8,10-11,16-17H,5-7,9H2. The summed E-state index contributed by atoms with van der Waals surface area (Å²) in [4.78, 5) is 12.4. The van der Waals surface area contributed by atoms with Gasteiger partial charge in [-0.3, -0.25) is 4.79 Å². The molecule has 1 unspecified atom stereocenters. The highest BCUT2D eigenvalue weighted by molar-refractivity contribution is 7.07. The van der Waals surface area contributed by atoms with E-state index in [1.165, 1.54) is 16.7 Å². The van der Waals surface area contributed by atoms with Gasteiger partial charge < -0.3 is 5.32 Å². The largest absolute Gasteiger partial charge is 0.303 e. The summed E-state index contributed by atoms with van der Waals surface area (Å²) in [7, 11) is 0. The molecule has 0 fully saturated rings. The average molecular weight is 271 g/mol. The maximum atomic E-state index is 12.4. The van der Waals surface area contributed by atoms with Crippen molar-refractivity contribution in [2.75, 3.05) is 6.54 Å². The lowest BCUT2D eigenvalue weighted by molar-refractivity contribution is -0.121. The third kappa shape index (κ3) is 2.77. The average Bonchev–Trinajstić information content (AvgIpc) is 2.97. The molecule has 1 N–H and O–H groups in total. The number of thiophene rings is 1. The number of hydrogen-bond donors (Lipinski definition) is 1. The minimum atomic E-state index is -0.108. The number of benzene rings is 1. The summed E-state index contributed by atoms with van der Waals surface area (Å²) in [6.45, 7) is 0.895. The predicted molar refractivity (Wildman–Crippen MR) is 78.5 cm³/mol. The van der Waals surface area contributed by atoms with Crippen molar-refractivity contribution in [1.82, 2.24) is 5.32 Å². The van der Waals surface area contributed by atoms with Crippen LogP contribution in [-0.4, -0.2) is 12.3 Å². The van der Waals surface area contributed by atoms with Gasteiger partial charge in [0.2, 0.25) is 0 Å². The second-order valence-corrected chi connectivity index (χ2v) is 5.71. The van der Waals surface area contributed by atoms with Crippen LogP contribution in [0, 0.1) is 0 Å². The Morgan fingerprint density at radius 1 is 1.32 bits per heavy atom. The number of aryl methyl sites for hydroxylation is 1. The molecule has 0 saturated carbocycles. The van der Waals surface area contributed by atoms with E-state index in [0.717, 1.165) is 19.4 Å². The molecule has 1 atom stereocenters. The second-order valence-electron chi connectivity index (χ2n) is 4.93. The van der Waals surface area contributed by atoms with E-state index >= 15 is 0 Å². The molecule has 19 heavy (non-hydrogen) atoms. The monoisotopic (exact) mass is 271 g/mol. The summed E-state index contributed by atoms with van der Waals surface area (Å²) in [6, 6.07) is 10.3. The Morgan fingerprint density at radius 3 is 3.05 bits per heavy atom. The molecule has 0 radical (unpaired) electrons. The maximum absolute atomic E-state index is 12.4. The fraction of sp³-hybridized carbons (Fsp3) is 0.312. The van der Waals surface area contributed by atoms with Crippen molar-refractivity contribution in [3.05, 3.63) is 57.8 Å². The molecule has 2 heterocycles. The Bertz CT molecular complexity index is 562. The molecular formula is C16H17NOS. The highest BCUT2D eigenvalue weighted by atomic mass is 32.1. The Kier molecular flexibility index (Phi) is 3.76. The van der Waals surface area contributed by atoms with Gasteiger partial charge in [0.25, 0.3) is 0 Å². The molecule has 1 aromatic carbocycles. The van der Waals surface area contributed by atoms with Gasteiger partial charge in [0, 0.05) is 13.0 Å². The van der Waals surface area contributed by atoms with E-state index in [9.17, 15) is 4.79 Å². The van der Waals surface area contributed by atoms with Crippen molar-refractivity contribution in [3.8, 4) is 0 Å². The van der Waals surface area contributed by atoms with Crippen molar-refractivity contribution >= 4 is 17.1 Å². The zero-order valence-corrected chi connectivity index (χ0v) is 11.6. The minimum Gasteiger partial charge on any atom is -0.303 e. The van der Waals surface area contributed by atoms with Gasteiger partial charge in [-0.25, -0.2) is 0 Å². The zero-order chi connectivity index (χ0) is 13.1. The van der Waals surface area contributed by atoms with Crippen molar-refractivity contribution in [2.45, 2.75) is 25.3 Å². The van der Waals surface area contributed by atoms with Gasteiger partial charge in [-0.1, -0.05) is 24.3 Å². The van der Waals surface area contributed by atoms with Gasteiger partial charge in [0.05, 0.1) is 6.04 Å². The number of Topliss-reactive ketones (excluding diaryl/α,β-unsaturated/α-hetero) is 1. The summed E-state index contributed by atoms with van der Waals surface area (Å²) >= 11 is 1.69. The predicted octanol–water partition coefficient (Wildman–Crippen LogP) is 3.14. The molecule has 1 aliphatic rings. The number of ketones is 1. The number of fused-ring (bicyclic) bond motifs is 1. The van der Waals surface area contributed by atoms with Crippen molar-refractivity contribution < 1.29 is 4.79 Å². The maximum Gasteiger partial charge on any atom is 0.154 e. The number of carbonyl (C=O) groups excluding carboxylic acids is 1. The molecule has 0 aliphatic carbocycles. The van der Waals surface area contributed by atoms with Crippen LogP contribution in [0.1, 0.15) is 29.2 Å². The van der Waals surface area contributed by atoms with Crippen LogP contribution in [-0.2, 0) is 17.6 Å². The highest BCUT2D eigenvalue weighted by Gasteiger charge is 2.24. The number of carbonyl (C=O) groups is 1. The Labute approximate surface area is 117 Å². The van der Waals surface area contributed by atoms with E-state index in [1.807, 2.05) is 6.07 Å². The third-order valence-electron chi connectivity index (χ3n) is 3.67. The van der Waals surface area contributed by atoms with E-state index in [2.05, 4.69) is 40.3 Å². The first-order valence-electron chi connectivity index (χ1n) is 6.69. The van der Waals surface area contributed by atoms with Crippen LogP contribution in [0.15, 0.2) is 41.1 Å². The van der Waals surface area contributed by atoms with Crippen LogP contribution in [0.2, 0.25) is 0 Å². The topological polar surface area (TPSA) is 29.1 Å². The third-order valence-corrected chi connectivity index (χ3v) is 4.40. The van der Waals surface area contributed by atoms with E-state index in [-0.39, 0.29) is 6.04 Å². The van der Waals surface area contributed by atoms with E-state index < -0.39 is 0 Å². The van der Waals surface area contributed by atoms with E-state index in [1.54, 1.807) is 11.3 Å². The van der Waals surface area contributed by atoms with Crippen LogP contribution >= 0.6 is 11.3 Å². The van der Waals surface area contributed by atoms with Crippen molar-refractivity contribution in [2.24, 2.45) is 0 Å². The fourth-order valence-electron chi connectivity index (χ4n) is 2.64. The van der Waals surface area contributed by atoms with Gasteiger partial charge in [-0.2, -0.15) is 11.3 Å². The molecule has 2 aromatic rings. The molecule has 1 aromatic heterocycles. The van der Waals surface area contributed by atoms with E-state index in [4.69, 9.17) is 0 Å². The van der Waals surface area contributed by atoms with Crippen LogP contribution in [0.25, 0.3) is 0 Å². The summed E-state index contributed by atoms with van der Waals surface area (Å²) in [5, 5.41) is 7.54. The minimum absolute atomic E-state index is 0.108. The molecule has 3 heteroatoms. The first-order chi connectivity index (χ1) is 9.34. The van der Waals surface area contributed by atoms with Crippen LogP contribution < -0.4 is 5.32 Å². The van der Waals surface area contributed by atoms with Crippen LogP contribution in [0.5, 0.6) is 0 Å². The van der Waals surface area contributed by atoms with Gasteiger partial charge >= 0.3 is 0 Å². The van der Waals surface area contributed by atoms with Gasteiger partial charge in [0.1, 0.15) is 0 Å². The Morgan fingerprint density at radius 2 is 2.21 bits per heavy atom. The SMILES string of the molecule is O=C(CCc1ccsc1)C1NCCc2ccccc21. The Hall–Kier alpha value is -1.45. The molecule has 98 valence electrons. The smallest absolute Gasteiger partial charge is 0.154 e. The normalized spacial score (nSPS) is 18.0. The number of rotatable bonds is 4. The molecule has 3 rings (SSSR count). The molecular weight excluding hydrogens is 254 g/mol. The zero-order valence-electron chi connectivity index (χ0n) is 10.8. The van der Waals surface area contributed by atoms with Gasteiger partial charge in [-0.15, -0.1) is 0 Å². The molecule has 0 saturated heterocycles. The summed E-state index contributed by atoms with van der Waals surface area (Å²) < 4.78 is 0. The highest BCUT2D eigenvalue weighted by Crippen LogP contribution is 2.24.